The van der Waals surface area contributed by atoms with Gasteiger partial charge in [0.05, 0.1) is 13.2 Å². The van der Waals surface area contributed by atoms with Crippen molar-refractivity contribution in [1.82, 2.24) is 5.32 Å². The fraction of sp³-hybridized carbons (Fsp3) is 0.227. The van der Waals surface area contributed by atoms with Crippen LogP contribution in [0.15, 0.2) is 53.0 Å². The van der Waals surface area contributed by atoms with Crippen LogP contribution >= 0.6 is 0 Å². The third-order valence-electron chi connectivity index (χ3n) is 4.57. The molecule has 0 saturated carbocycles. The topological polar surface area (TPSA) is 69.9 Å². The van der Waals surface area contributed by atoms with Crippen LogP contribution in [0.2, 0.25) is 0 Å². The summed E-state index contributed by atoms with van der Waals surface area (Å²) < 4.78 is 22.2. The number of carbonyl (C=O) groups excluding carboxylic acids is 1. The highest BCUT2D eigenvalue weighted by Gasteiger charge is 2.15. The number of benzene rings is 2. The summed E-state index contributed by atoms with van der Waals surface area (Å²) in [6, 6.07) is 13.0. The van der Waals surface area contributed by atoms with Gasteiger partial charge < -0.3 is 23.9 Å². The molecule has 4 rings (SSSR count). The molecule has 1 aromatic heterocycles. The van der Waals surface area contributed by atoms with E-state index in [2.05, 4.69) is 5.32 Å². The first-order valence-electron chi connectivity index (χ1n) is 9.09. The van der Waals surface area contributed by atoms with E-state index in [1.807, 2.05) is 49.4 Å². The highest BCUT2D eigenvalue weighted by atomic mass is 16.6. The molecule has 3 aromatic rings. The molecule has 6 heteroatoms. The molecule has 144 valence electrons. The quantitative estimate of drug-likeness (QED) is 0.676. The van der Waals surface area contributed by atoms with Crippen LogP contribution in [0.25, 0.3) is 17.0 Å². The average Bonchev–Trinajstić information content (AvgIpc) is 3.15. The third-order valence-corrected chi connectivity index (χ3v) is 4.57. The number of ether oxygens (including phenoxy) is 3. The lowest BCUT2D eigenvalue weighted by atomic mass is 10.1. The zero-order valence-corrected chi connectivity index (χ0v) is 15.7. The Hall–Kier alpha value is -3.41. The standard InChI is InChI=1S/C22H21NO5/c1-14(15-6-8-18-20(13-15)27-11-10-26-18)23-21(24)9-7-17-12-16-4-3-5-19(25-2)22(16)28-17/h3-9,12-14H,10-11H2,1-2H3,(H,23,24)/b9-7+. The second-order valence-corrected chi connectivity index (χ2v) is 6.49. The number of furan rings is 1. The third kappa shape index (κ3) is 3.67. The number of hydrogen-bond donors (Lipinski definition) is 1. The smallest absolute Gasteiger partial charge is 0.244 e. The number of amides is 1. The van der Waals surface area contributed by atoms with Crippen LogP contribution < -0.4 is 19.5 Å². The number of carbonyl (C=O) groups is 1. The van der Waals surface area contributed by atoms with E-state index in [0.29, 0.717) is 36.1 Å². The molecular weight excluding hydrogens is 358 g/mol. The van der Waals surface area contributed by atoms with Crippen LogP contribution in [0.4, 0.5) is 0 Å². The Kier molecular flexibility index (Phi) is 4.93. The molecule has 2 heterocycles. The first-order valence-corrected chi connectivity index (χ1v) is 9.09. The van der Waals surface area contributed by atoms with Crippen LogP contribution in [0, 0.1) is 0 Å². The molecule has 0 radical (unpaired) electrons. The predicted molar refractivity (Wildman–Crippen MR) is 106 cm³/mol. The van der Waals surface area contributed by atoms with Crippen LogP contribution in [-0.4, -0.2) is 26.2 Å². The molecule has 0 bridgehead atoms. The van der Waals surface area contributed by atoms with Crippen LogP contribution in [0.1, 0.15) is 24.3 Å². The van der Waals surface area contributed by atoms with Gasteiger partial charge in [-0.15, -0.1) is 0 Å². The summed E-state index contributed by atoms with van der Waals surface area (Å²) in [5.41, 5.74) is 1.61. The van der Waals surface area contributed by atoms with Crippen LogP contribution in [-0.2, 0) is 4.79 Å². The largest absolute Gasteiger partial charge is 0.493 e. The highest BCUT2D eigenvalue weighted by Crippen LogP contribution is 2.32. The second kappa shape index (κ2) is 7.68. The van der Waals surface area contributed by atoms with E-state index >= 15 is 0 Å². The van der Waals surface area contributed by atoms with Crippen molar-refractivity contribution in [3.8, 4) is 17.2 Å². The number of para-hydroxylation sites is 1. The fourth-order valence-corrected chi connectivity index (χ4v) is 3.13. The molecule has 6 nitrogen and oxygen atoms in total. The molecule has 1 atom stereocenters. The van der Waals surface area contributed by atoms with Gasteiger partial charge in [0.2, 0.25) is 5.91 Å². The zero-order chi connectivity index (χ0) is 19.5. The average molecular weight is 379 g/mol. The monoisotopic (exact) mass is 379 g/mol. The van der Waals surface area contributed by atoms with Crippen molar-refractivity contribution in [3.63, 3.8) is 0 Å². The predicted octanol–water partition coefficient (Wildman–Crippen LogP) is 4.10. The van der Waals surface area contributed by atoms with E-state index in [9.17, 15) is 4.79 Å². The lowest BCUT2D eigenvalue weighted by molar-refractivity contribution is -0.117. The van der Waals surface area contributed by atoms with Gasteiger partial charge in [0.25, 0.3) is 0 Å². The minimum atomic E-state index is -0.213. The summed E-state index contributed by atoms with van der Waals surface area (Å²) in [4.78, 5) is 12.3. The molecule has 0 saturated heterocycles. The molecule has 1 amide bonds. The number of nitrogens with one attached hydrogen (secondary N) is 1. The minimum absolute atomic E-state index is 0.177. The second-order valence-electron chi connectivity index (χ2n) is 6.49. The van der Waals surface area contributed by atoms with Gasteiger partial charge in [-0.3, -0.25) is 4.79 Å². The van der Waals surface area contributed by atoms with Crippen molar-refractivity contribution in [1.29, 1.82) is 0 Å². The first kappa shape index (κ1) is 18.0. The first-order chi connectivity index (χ1) is 13.6. The Morgan fingerprint density at radius 3 is 2.79 bits per heavy atom. The SMILES string of the molecule is COc1cccc2cc(/C=C/C(=O)NC(C)c3ccc4c(c3)OCCO4)oc12. The van der Waals surface area contributed by atoms with E-state index in [1.165, 1.54) is 6.08 Å². The Morgan fingerprint density at radius 2 is 1.96 bits per heavy atom. The van der Waals surface area contributed by atoms with Crippen molar-refractivity contribution in [3.05, 3.63) is 59.9 Å². The summed E-state index contributed by atoms with van der Waals surface area (Å²) in [6.07, 6.45) is 3.10. The van der Waals surface area contributed by atoms with Gasteiger partial charge >= 0.3 is 0 Å². The molecule has 0 fully saturated rings. The van der Waals surface area contributed by atoms with E-state index in [4.69, 9.17) is 18.6 Å². The van der Waals surface area contributed by atoms with E-state index in [1.54, 1.807) is 13.2 Å². The Labute approximate surface area is 162 Å². The summed E-state index contributed by atoms with van der Waals surface area (Å²) in [6.45, 7) is 3.00. The summed E-state index contributed by atoms with van der Waals surface area (Å²) in [5.74, 6) is 2.47. The molecule has 0 aliphatic carbocycles. The zero-order valence-electron chi connectivity index (χ0n) is 15.7. The summed E-state index contributed by atoms with van der Waals surface area (Å²) in [5, 5.41) is 3.86. The maximum atomic E-state index is 12.3. The molecule has 1 N–H and O–H groups in total. The lowest BCUT2D eigenvalue weighted by Crippen LogP contribution is -2.25. The normalized spacial score (nSPS) is 14.2. The highest BCUT2D eigenvalue weighted by molar-refractivity contribution is 5.93. The molecule has 1 aliphatic heterocycles. The molecule has 1 aliphatic rings. The number of methoxy groups -OCH3 is 1. The Balaban J connectivity index is 1.44. The number of hydrogen-bond acceptors (Lipinski definition) is 5. The van der Waals surface area contributed by atoms with Gasteiger partial charge in [-0.1, -0.05) is 18.2 Å². The van der Waals surface area contributed by atoms with Crippen LogP contribution in [0.5, 0.6) is 17.2 Å². The molecule has 0 spiro atoms. The Bertz CT molecular complexity index is 1040. The maximum absolute atomic E-state index is 12.3. The van der Waals surface area contributed by atoms with Gasteiger partial charge in [-0.25, -0.2) is 0 Å². The Morgan fingerprint density at radius 1 is 1.14 bits per heavy atom. The van der Waals surface area contributed by atoms with E-state index < -0.39 is 0 Å². The van der Waals surface area contributed by atoms with Crippen molar-refractivity contribution in [2.75, 3.05) is 20.3 Å². The maximum Gasteiger partial charge on any atom is 0.244 e. The molecule has 2 aromatic carbocycles. The van der Waals surface area contributed by atoms with Gasteiger partial charge in [0.1, 0.15) is 19.0 Å². The van der Waals surface area contributed by atoms with Crippen LogP contribution in [0.3, 0.4) is 0 Å². The summed E-state index contributed by atoms with van der Waals surface area (Å²) >= 11 is 0. The van der Waals surface area contributed by atoms with Crippen molar-refractivity contribution in [2.24, 2.45) is 0 Å². The lowest BCUT2D eigenvalue weighted by Gasteiger charge is -2.20. The fourth-order valence-electron chi connectivity index (χ4n) is 3.13. The van der Waals surface area contributed by atoms with E-state index in [-0.39, 0.29) is 11.9 Å². The molecular formula is C22H21NO5. The molecule has 28 heavy (non-hydrogen) atoms. The van der Waals surface area contributed by atoms with Crippen molar-refractivity contribution >= 4 is 23.0 Å². The summed E-state index contributed by atoms with van der Waals surface area (Å²) in [7, 11) is 1.60. The van der Waals surface area contributed by atoms with Gasteiger partial charge in [0.15, 0.2) is 22.8 Å². The minimum Gasteiger partial charge on any atom is -0.493 e. The van der Waals surface area contributed by atoms with E-state index in [0.717, 1.165) is 16.7 Å². The number of rotatable bonds is 5. The van der Waals surface area contributed by atoms with Crippen molar-refractivity contribution < 1.29 is 23.4 Å². The van der Waals surface area contributed by atoms with Gasteiger partial charge in [-0.2, -0.15) is 0 Å². The van der Waals surface area contributed by atoms with Gasteiger partial charge in [-0.05, 0) is 42.8 Å². The van der Waals surface area contributed by atoms with Gasteiger partial charge in [0, 0.05) is 11.5 Å². The van der Waals surface area contributed by atoms with Crippen molar-refractivity contribution in [2.45, 2.75) is 13.0 Å². The number of fused-ring (bicyclic) bond motifs is 2. The molecule has 1 unspecified atom stereocenters.